The van der Waals surface area contributed by atoms with Crippen molar-refractivity contribution in [1.29, 1.82) is 0 Å². The Morgan fingerprint density at radius 1 is 1.05 bits per heavy atom. The Morgan fingerprint density at radius 2 is 1.81 bits per heavy atom. The molecule has 0 amide bonds. The molecule has 0 spiro atoms. The van der Waals surface area contributed by atoms with E-state index in [0.717, 1.165) is 32.7 Å². The van der Waals surface area contributed by atoms with E-state index < -0.39 is 0 Å². The summed E-state index contributed by atoms with van der Waals surface area (Å²) in [5.74, 6) is 0.775. The molecule has 0 unspecified atom stereocenters. The first kappa shape index (κ1) is 13.8. The Bertz CT molecular complexity index is 832. The van der Waals surface area contributed by atoms with Crippen molar-refractivity contribution in [2.75, 3.05) is 7.11 Å². The van der Waals surface area contributed by atoms with Gasteiger partial charge in [0.15, 0.2) is 5.43 Å². The second-order valence-electron chi connectivity index (χ2n) is 4.89. The van der Waals surface area contributed by atoms with Gasteiger partial charge >= 0.3 is 0 Å². The first-order chi connectivity index (χ1) is 10.2. The molecule has 0 saturated carbocycles. The van der Waals surface area contributed by atoms with E-state index >= 15 is 0 Å². The van der Waals surface area contributed by atoms with Crippen LogP contribution in [0.2, 0.25) is 0 Å². The molecule has 0 N–H and O–H groups in total. The zero-order chi connectivity index (χ0) is 14.8. The maximum Gasteiger partial charge on any atom is 0.188 e. The summed E-state index contributed by atoms with van der Waals surface area (Å²) in [7, 11) is 1.64. The summed E-state index contributed by atoms with van der Waals surface area (Å²) in [5, 5.41) is 0.745. The molecule has 3 aromatic rings. The third kappa shape index (κ3) is 2.69. The lowest BCUT2D eigenvalue weighted by molar-refractivity contribution is 0.415. The molecule has 106 valence electrons. The van der Waals surface area contributed by atoms with Crippen molar-refractivity contribution < 1.29 is 4.74 Å². The second-order valence-corrected chi connectivity index (χ2v) is 5.97. The van der Waals surface area contributed by atoms with Crippen LogP contribution in [0.25, 0.3) is 20.5 Å². The Balaban J connectivity index is 2.15. The molecule has 0 radical (unpaired) electrons. The van der Waals surface area contributed by atoms with E-state index in [-0.39, 0.29) is 5.43 Å². The van der Waals surface area contributed by atoms with Crippen LogP contribution < -0.4 is 10.2 Å². The average Bonchev–Trinajstić information content (AvgIpc) is 2.54. The highest BCUT2D eigenvalue weighted by atomic mass is 32.1. The van der Waals surface area contributed by atoms with Gasteiger partial charge in [-0.2, -0.15) is 0 Å². The predicted octanol–water partition coefficient (Wildman–Crippen LogP) is 4.50. The fourth-order valence-electron chi connectivity index (χ4n) is 2.31. The third-order valence-electron chi connectivity index (χ3n) is 3.58. The Hall–Kier alpha value is -2.13. The van der Waals surface area contributed by atoms with Crippen LogP contribution in [0, 0.1) is 0 Å². The van der Waals surface area contributed by atoms with E-state index in [4.69, 9.17) is 4.74 Å². The van der Waals surface area contributed by atoms with Crippen LogP contribution in [-0.2, 0) is 6.42 Å². The summed E-state index contributed by atoms with van der Waals surface area (Å²) < 4.78 is 6.20. The Labute approximate surface area is 127 Å². The molecule has 3 rings (SSSR count). The maximum absolute atomic E-state index is 12.3. The van der Waals surface area contributed by atoms with Gasteiger partial charge in [0, 0.05) is 21.0 Å². The highest BCUT2D eigenvalue weighted by molar-refractivity contribution is 7.21. The van der Waals surface area contributed by atoms with E-state index in [2.05, 4.69) is 31.2 Å². The predicted molar refractivity (Wildman–Crippen MR) is 89.5 cm³/mol. The van der Waals surface area contributed by atoms with Crippen molar-refractivity contribution >= 4 is 21.4 Å². The lowest BCUT2D eigenvalue weighted by Gasteiger charge is -2.05. The lowest BCUT2D eigenvalue weighted by atomic mass is 10.1. The van der Waals surface area contributed by atoms with Gasteiger partial charge in [0.05, 0.1) is 7.11 Å². The minimum Gasteiger partial charge on any atom is -0.497 e. The second kappa shape index (κ2) is 5.70. The van der Waals surface area contributed by atoms with Crippen molar-refractivity contribution in [3.8, 4) is 16.2 Å². The molecule has 2 aromatic carbocycles. The van der Waals surface area contributed by atoms with E-state index in [1.54, 1.807) is 24.5 Å². The molecule has 0 aliphatic carbocycles. The van der Waals surface area contributed by atoms with Crippen LogP contribution in [0.5, 0.6) is 5.75 Å². The molecule has 21 heavy (non-hydrogen) atoms. The van der Waals surface area contributed by atoms with Gasteiger partial charge in [-0.15, -0.1) is 11.3 Å². The summed E-state index contributed by atoms with van der Waals surface area (Å²) >= 11 is 1.62. The zero-order valence-corrected chi connectivity index (χ0v) is 12.9. The van der Waals surface area contributed by atoms with Gasteiger partial charge in [-0.05, 0) is 35.7 Å². The molecule has 0 aliphatic rings. The molecule has 1 heterocycles. The van der Waals surface area contributed by atoms with Gasteiger partial charge in [0.25, 0.3) is 0 Å². The molecule has 0 aliphatic heterocycles. The number of hydrogen-bond acceptors (Lipinski definition) is 3. The summed E-state index contributed by atoms with van der Waals surface area (Å²) in [6.45, 7) is 2.13. The SMILES string of the molecule is CCc1ccc(-c2cc(=O)c3ccc(OC)cc3s2)cc1. The van der Waals surface area contributed by atoms with E-state index in [1.807, 2.05) is 18.2 Å². The quantitative estimate of drug-likeness (QED) is 0.711. The summed E-state index contributed by atoms with van der Waals surface area (Å²) in [6, 6.07) is 15.7. The largest absolute Gasteiger partial charge is 0.497 e. The number of hydrogen-bond donors (Lipinski definition) is 0. The van der Waals surface area contributed by atoms with Crippen molar-refractivity contribution in [3.05, 3.63) is 64.3 Å². The molecule has 0 bridgehead atoms. The van der Waals surface area contributed by atoms with Crippen molar-refractivity contribution in [2.45, 2.75) is 13.3 Å². The van der Waals surface area contributed by atoms with Crippen LogP contribution in [0.4, 0.5) is 0 Å². The van der Waals surface area contributed by atoms with E-state index in [1.165, 1.54) is 5.56 Å². The number of methoxy groups -OCH3 is 1. The minimum absolute atomic E-state index is 0.0565. The standard InChI is InChI=1S/C18H16O2S/c1-3-12-4-6-13(7-5-12)17-11-16(19)15-9-8-14(20-2)10-18(15)21-17/h4-11H,3H2,1-2H3. The molecule has 0 atom stereocenters. The van der Waals surface area contributed by atoms with Gasteiger partial charge in [0.2, 0.25) is 0 Å². The zero-order valence-electron chi connectivity index (χ0n) is 12.1. The van der Waals surface area contributed by atoms with Gasteiger partial charge in [-0.3, -0.25) is 4.79 Å². The Kier molecular flexibility index (Phi) is 3.76. The minimum atomic E-state index is 0.0565. The third-order valence-corrected chi connectivity index (χ3v) is 4.71. The molecular weight excluding hydrogens is 280 g/mol. The highest BCUT2D eigenvalue weighted by Crippen LogP contribution is 2.30. The van der Waals surface area contributed by atoms with Crippen molar-refractivity contribution in [1.82, 2.24) is 0 Å². The smallest absolute Gasteiger partial charge is 0.188 e. The van der Waals surface area contributed by atoms with Gasteiger partial charge < -0.3 is 4.74 Å². The fraction of sp³-hybridized carbons (Fsp3) is 0.167. The first-order valence-electron chi connectivity index (χ1n) is 6.92. The molecular formula is C18H16O2S. The number of aryl methyl sites for hydroxylation is 1. The number of rotatable bonds is 3. The van der Waals surface area contributed by atoms with E-state index in [0.29, 0.717) is 0 Å². The molecule has 0 fully saturated rings. The Morgan fingerprint density at radius 3 is 2.48 bits per heavy atom. The summed E-state index contributed by atoms with van der Waals surface area (Å²) in [4.78, 5) is 13.3. The molecule has 2 nitrogen and oxygen atoms in total. The van der Waals surface area contributed by atoms with Gasteiger partial charge in [-0.25, -0.2) is 0 Å². The summed E-state index contributed by atoms with van der Waals surface area (Å²) in [6.07, 6.45) is 1.02. The average molecular weight is 296 g/mol. The van der Waals surface area contributed by atoms with Crippen LogP contribution in [0.15, 0.2) is 53.3 Å². The monoisotopic (exact) mass is 296 g/mol. The molecule has 3 heteroatoms. The topological polar surface area (TPSA) is 26.3 Å². The maximum atomic E-state index is 12.3. The number of fused-ring (bicyclic) bond motifs is 1. The van der Waals surface area contributed by atoms with Crippen LogP contribution in [-0.4, -0.2) is 7.11 Å². The molecule has 0 saturated heterocycles. The number of benzene rings is 2. The first-order valence-corrected chi connectivity index (χ1v) is 7.74. The van der Waals surface area contributed by atoms with Gasteiger partial charge in [-0.1, -0.05) is 31.2 Å². The van der Waals surface area contributed by atoms with Crippen LogP contribution >= 0.6 is 11.3 Å². The fourth-order valence-corrected chi connectivity index (χ4v) is 3.42. The van der Waals surface area contributed by atoms with E-state index in [9.17, 15) is 4.79 Å². The van der Waals surface area contributed by atoms with Crippen LogP contribution in [0.1, 0.15) is 12.5 Å². The summed E-state index contributed by atoms with van der Waals surface area (Å²) in [5.41, 5.74) is 2.44. The van der Waals surface area contributed by atoms with Crippen molar-refractivity contribution in [2.24, 2.45) is 0 Å². The van der Waals surface area contributed by atoms with Crippen molar-refractivity contribution in [3.63, 3.8) is 0 Å². The number of ether oxygens (including phenoxy) is 1. The molecule has 1 aromatic heterocycles. The normalized spacial score (nSPS) is 10.8. The van der Waals surface area contributed by atoms with Crippen LogP contribution in [0.3, 0.4) is 0 Å². The highest BCUT2D eigenvalue weighted by Gasteiger charge is 2.06. The van der Waals surface area contributed by atoms with Gasteiger partial charge in [0.1, 0.15) is 5.75 Å². The lowest BCUT2D eigenvalue weighted by Crippen LogP contribution is -1.99.